The molecule has 2 nitrogen and oxygen atoms in total. The molecule has 9 rings (SSSR count). The van der Waals surface area contributed by atoms with E-state index >= 15 is 0 Å². The normalized spacial score (nSPS) is 11.8. The maximum atomic E-state index is 2.45. The van der Waals surface area contributed by atoms with Crippen LogP contribution in [0.5, 0.6) is 0 Å². The van der Waals surface area contributed by atoms with Gasteiger partial charge in [-0.2, -0.15) is 0 Å². The first-order valence-electron chi connectivity index (χ1n) is 14.4. The molecular weight excluding hydrogens is 508 g/mol. The minimum absolute atomic E-state index is 1.17. The SMILES string of the molecule is c1ccc2cc(-n3c4ccccc4c4cc(-c5ccc(-n6ccc7ccccc76)cc5)c5ccccc5c43)ccc2c1. The molecule has 0 aliphatic rings. The van der Waals surface area contributed by atoms with E-state index in [1.807, 2.05) is 0 Å². The predicted molar refractivity (Wildman–Crippen MR) is 178 cm³/mol. The Morgan fingerprint density at radius 2 is 1.02 bits per heavy atom. The molecule has 0 spiro atoms. The van der Waals surface area contributed by atoms with E-state index in [1.54, 1.807) is 0 Å². The van der Waals surface area contributed by atoms with Crippen LogP contribution < -0.4 is 0 Å². The Bertz CT molecular complexity index is 2460. The molecule has 0 aliphatic carbocycles. The Labute approximate surface area is 243 Å². The Hall–Kier alpha value is -5.60. The van der Waals surface area contributed by atoms with Crippen molar-refractivity contribution >= 4 is 54.3 Å². The van der Waals surface area contributed by atoms with Gasteiger partial charge in [0.25, 0.3) is 0 Å². The minimum atomic E-state index is 1.17. The lowest BCUT2D eigenvalue weighted by Gasteiger charge is -2.14. The van der Waals surface area contributed by atoms with Gasteiger partial charge in [-0.3, -0.25) is 0 Å². The second kappa shape index (κ2) is 8.95. The molecule has 196 valence electrons. The largest absolute Gasteiger partial charge is 0.317 e. The molecule has 2 aromatic heterocycles. The molecule has 2 heteroatoms. The molecule has 9 aromatic rings. The maximum Gasteiger partial charge on any atom is 0.0619 e. The van der Waals surface area contributed by atoms with Crippen LogP contribution in [0.15, 0.2) is 158 Å². The second-order valence-electron chi connectivity index (χ2n) is 11.0. The molecule has 0 amide bonds. The number of benzene rings is 7. The summed E-state index contributed by atoms with van der Waals surface area (Å²) >= 11 is 0. The minimum Gasteiger partial charge on any atom is -0.317 e. The third-order valence-corrected chi connectivity index (χ3v) is 8.72. The first-order valence-corrected chi connectivity index (χ1v) is 14.4. The van der Waals surface area contributed by atoms with Crippen molar-refractivity contribution < 1.29 is 0 Å². The average molecular weight is 535 g/mol. The van der Waals surface area contributed by atoms with Crippen LogP contribution >= 0.6 is 0 Å². The number of rotatable bonds is 3. The predicted octanol–water partition coefficient (Wildman–Crippen LogP) is 10.7. The highest BCUT2D eigenvalue weighted by Gasteiger charge is 2.18. The van der Waals surface area contributed by atoms with Gasteiger partial charge in [0.2, 0.25) is 0 Å². The summed E-state index contributed by atoms with van der Waals surface area (Å²) in [5.41, 5.74) is 8.51. The fraction of sp³-hybridized carbons (Fsp3) is 0. The van der Waals surface area contributed by atoms with Crippen molar-refractivity contribution in [2.75, 3.05) is 0 Å². The van der Waals surface area contributed by atoms with Gasteiger partial charge in [-0.05, 0) is 81.2 Å². The zero-order valence-electron chi connectivity index (χ0n) is 22.9. The highest BCUT2D eigenvalue weighted by Crippen LogP contribution is 2.41. The van der Waals surface area contributed by atoms with Crippen LogP contribution in [0.3, 0.4) is 0 Å². The summed E-state index contributed by atoms with van der Waals surface area (Å²) in [6.07, 6.45) is 2.16. The molecule has 42 heavy (non-hydrogen) atoms. The molecule has 0 atom stereocenters. The molecule has 0 saturated heterocycles. The van der Waals surface area contributed by atoms with E-state index < -0.39 is 0 Å². The first kappa shape index (κ1) is 23.1. The van der Waals surface area contributed by atoms with Gasteiger partial charge in [-0.15, -0.1) is 0 Å². The van der Waals surface area contributed by atoms with Crippen molar-refractivity contribution in [3.63, 3.8) is 0 Å². The molecule has 0 N–H and O–H groups in total. The summed E-state index contributed by atoms with van der Waals surface area (Å²) in [6.45, 7) is 0. The number of nitrogens with zero attached hydrogens (tertiary/aromatic N) is 2. The highest BCUT2D eigenvalue weighted by atomic mass is 15.0. The van der Waals surface area contributed by atoms with Crippen molar-refractivity contribution in [3.8, 4) is 22.5 Å². The number of aromatic nitrogens is 2. The Morgan fingerprint density at radius 1 is 0.381 bits per heavy atom. The van der Waals surface area contributed by atoms with Gasteiger partial charge in [0.15, 0.2) is 0 Å². The van der Waals surface area contributed by atoms with Gasteiger partial charge in [0.05, 0.1) is 16.6 Å². The van der Waals surface area contributed by atoms with E-state index in [9.17, 15) is 0 Å². The lowest BCUT2D eigenvalue weighted by atomic mass is 9.95. The fourth-order valence-corrected chi connectivity index (χ4v) is 6.76. The smallest absolute Gasteiger partial charge is 0.0619 e. The van der Waals surface area contributed by atoms with Crippen LogP contribution in [0.4, 0.5) is 0 Å². The van der Waals surface area contributed by atoms with E-state index in [-0.39, 0.29) is 0 Å². The van der Waals surface area contributed by atoms with E-state index in [0.29, 0.717) is 0 Å². The summed E-state index contributed by atoms with van der Waals surface area (Å²) in [5.74, 6) is 0. The van der Waals surface area contributed by atoms with E-state index in [2.05, 4.69) is 167 Å². The maximum absolute atomic E-state index is 2.45. The van der Waals surface area contributed by atoms with Crippen molar-refractivity contribution in [3.05, 3.63) is 158 Å². The standard InChI is InChI=1S/C40H26N2/c1-2-11-30-25-32(22-17-27(30)9-1)42-39-16-8-6-13-34(39)37-26-36(33-12-4-5-14-35(33)40(37)42)28-18-20-31(21-19-28)41-24-23-29-10-3-7-15-38(29)41/h1-26H. The van der Waals surface area contributed by atoms with E-state index in [1.165, 1.54) is 76.8 Å². The van der Waals surface area contributed by atoms with Crippen molar-refractivity contribution in [2.24, 2.45) is 0 Å². The highest BCUT2D eigenvalue weighted by molar-refractivity contribution is 6.22. The summed E-state index contributed by atoms with van der Waals surface area (Å²) in [7, 11) is 0. The summed E-state index contributed by atoms with van der Waals surface area (Å²) in [4.78, 5) is 0. The number of para-hydroxylation sites is 2. The van der Waals surface area contributed by atoms with Crippen LogP contribution in [0.2, 0.25) is 0 Å². The zero-order chi connectivity index (χ0) is 27.6. The molecule has 0 aliphatic heterocycles. The van der Waals surface area contributed by atoms with Crippen LogP contribution in [-0.2, 0) is 0 Å². The van der Waals surface area contributed by atoms with Crippen LogP contribution in [-0.4, -0.2) is 9.13 Å². The Kier molecular flexibility index (Phi) is 4.93. The quantitative estimate of drug-likeness (QED) is 0.213. The molecule has 0 bridgehead atoms. The summed E-state index contributed by atoms with van der Waals surface area (Å²) in [6, 6.07) is 55.1. The fourth-order valence-electron chi connectivity index (χ4n) is 6.76. The van der Waals surface area contributed by atoms with Gasteiger partial charge in [-0.1, -0.05) is 103 Å². The number of hydrogen-bond donors (Lipinski definition) is 0. The third-order valence-electron chi connectivity index (χ3n) is 8.72. The summed E-state index contributed by atoms with van der Waals surface area (Å²) in [5, 5.41) is 8.81. The Morgan fingerprint density at radius 3 is 1.86 bits per heavy atom. The van der Waals surface area contributed by atoms with Gasteiger partial charge in [-0.25, -0.2) is 0 Å². The molecule has 0 fully saturated rings. The molecule has 0 radical (unpaired) electrons. The van der Waals surface area contributed by atoms with Crippen LogP contribution in [0, 0.1) is 0 Å². The molecule has 2 heterocycles. The van der Waals surface area contributed by atoms with Crippen molar-refractivity contribution in [1.82, 2.24) is 9.13 Å². The first-order chi connectivity index (χ1) is 20.8. The van der Waals surface area contributed by atoms with Crippen LogP contribution in [0.1, 0.15) is 0 Å². The van der Waals surface area contributed by atoms with Crippen molar-refractivity contribution in [1.29, 1.82) is 0 Å². The molecule has 0 saturated carbocycles. The van der Waals surface area contributed by atoms with E-state index in [4.69, 9.17) is 0 Å². The van der Waals surface area contributed by atoms with E-state index in [0.717, 1.165) is 0 Å². The molecule has 7 aromatic carbocycles. The zero-order valence-corrected chi connectivity index (χ0v) is 22.9. The van der Waals surface area contributed by atoms with Crippen molar-refractivity contribution in [2.45, 2.75) is 0 Å². The molecule has 0 unspecified atom stereocenters. The lowest BCUT2D eigenvalue weighted by Crippen LogP contribution is -1.95. The molecular formula is C40H26N2. The van der Waals surface area contributed by atoms with Gasteiger partial charge in [0.1, 0.15) is 0 Å². The monoisotopic (exact) mass is 534 g/mol. The summed E-state index contributed by atoms with van der Waals surface area (Å²) < 4.78 is 4.71. The third kappa shape index (κ3) is 3.39. The number of fused-ring (bicyclic) bond motifs is 7. The van der Waals surface area contributed by atoms with Gasteiger partial charge in [0, 0.05) is 33.7 Å². The topological polar surface area (TPSA) is 9.86 Å². The number of hydrogen-bond acceptors (Lipinski definition) is 0. The van der Waals surface area contributed by atoms with Gasteiger partial charge < -0.3 is 9.13 Å². The lowest BCUT2D eigenvalue weighted by molar-refractivity contribution is 1.13. The van der Waals surface area contributed by atoms with Crippen LogP contribution in [0.25, 0.3) is 76.8 Å². The average Bonchev–Trinajstić information content (AvgIpc) is 3.64. The van der Waals surface area contributed by atoms with Gasteiger partial charge >= 0.3 is 0 Å². The Balaban J connectivity index is 1.29. The second-order valence-corrected chi connectivity index (χ2v) is 11.0.